The van der Waals surface area contributed by atoms with Gasteiger partial charge in [0.15, 0.2) is 12.4 Å². The van der Waals surface area contributed by atoms with Crippen LogP contribution in [0.15, 0.2) is 115 Å². The van der Waals surface area contributed by atoms with Crippen molar-refractivity contribution in [3.63, 3.8) is 0 Å². The van der Waals surface area contributed by atoms with E-state index in [1.807, 2.05) is 43.3 Å². The van der Waals surface area contributed by atoms with Crippen LogP contribution < -0.4 is 14.8 Å². The average Bonchev–Trinajstić information content (AvgIpc) is 3.14. The molecule has 0 saturated heterocycles. The summed E-state index contributed by atoms with van der Waals surface area (Å²) < 4.78 is 51.3. The number of carbonyl (C=O) groups excluding carboxylic acids is 3. The van der Waals surface area contributed by atoms with Crippen LogP contribution in [0, 0.1) is 12.8 Å². The van der Waals surface area contributed by atoms with Gasteiger partial charge in [-0.15, -0.1) is 0 Å². The van der Waals surface area contributed by atoms with Crippen LogP contribution in [0.1, 0.15) is 39.0 Å². The number of carbonyl (C=O) groups is 4. The van der Waals surface area contributed by atoms with Crippen molar-refractivity contribution in [2.75, 3.05) is 20.3 Å². The number of nitrogens with zero attached hydrogens (tertiary/aromatic N) is 1. The summed E-state index contributed by atoms with van der Waals surface area (Å²) in [6.45, 7) is 1.26. The first-order chi connectivity index (χ1) is 25.3. The van der Waals surface area contributed by atoms with Gasteiger partial charge in [-0.3, -0.25) is 19.2 Å². The van der Waals surface area contributed by atoms with Crippen LogP contribution >= 0.6 is 0 Å². The van der Waals surface area contributed by atoms with E-state index >= 15 is 0 Å². The van der Waals surface area contributed by atoms with Crippen LogP contribution in [-0.4, -0.2) is 53.8 Å². The lowest BCUT2D eigenvalue weighted by molar-refractivity contribution is -0.146. The average molecular weight is 727 g/mol. The smallest absolute Gasteiger partial charge is 0.416 e. The van der Waals surface area contributed by atoms with E-state index in [0.29, 0.717) is 22.6 Å². The largest absolute Gasteiger partial charge is 0.497 e. The fraction of sp³-hybridized carbons (Fsp3) is 0.220. The fourth-order valence-electron chi connectivity index (χ4n) is 5.72. The number of Topliss-reactive ketones (excluding diaryl/α,β-unsaturated/α-hetero) is 1. The summed E-state index contributed by atoms with van der Waals surface area (Å²) in [5, 5.41) is 12.1. The zero-order valence-electron chi connectivity index (χ0n) is 29.0. The Hall–Kier alpha value is -6.17. The Kier molecular flexibility index (Phi) is 12.1. The van der Waals surface area contributed by atoms with E-state index in [1.54, 1.807) is 42.5 Å². The number of benzene rings is 4. The molecule has 4 aromatic carbocycles. The highest BCUT2D eigenvalue weighted by atomic mass is 19.4. The van der Waals surface area contributed by atoms with Crippen molar-refractivity contribution in [2.45, 2.75) is 32.5 Å². The van der Waals surface area contributed by atoms with Gasteiger partial charge in [0, 0.05) is 17.8 Å². The normalized spacial score (nSPS) is 13.8. The topological polar surface area (TPSA) is 122 Å². The zero-order valence-corrected chi connectivity index (χ0v) is 29.0. The molecule has 0 radical (unpaired) electrons. The summed E-state index contributed by atoms with van der Waals surface area (Å²) >= 11 is 0. The van der Waals surface area contributed by atoms with Gasteiger partial charge in [-0.2, -0.15) is 13.2 Å². The van der Waals surface area contributed by atoms with E-state index in [2.05, 4.69) is 5.32 Å². The number of ether oxygens (including phenoxy) is 2. The summed E-state index contributed by atoms with van der Waals surface area (Å²) in [6, 6.07) is 25.4. The van der Waals surface area contributed by atoms with E-state index in [4.69, 9.17) is 9.47 Å². The standard InChI is InChI=1S/C41H37F3N2O7/c1-26-3-7-28(8-4-26)29-9-11-30(12-10-29)37(47)25-53-34-18-5-27(6-19-34)23-46(24-39(49)50)40(51)31-13-16-33(17-14-31)45-38(48)21-32-15-20-35(52-2)22-36(32)41(42,43)44/h3-13,15-20,22,31H,14,21,23-25H2,1-2H3,(H,45,48)(H,49,50). The van der Waals surface area contributed by atoms with Crippen molar-refractivity contribution in [3.8, 4) is 22.6 Å². The van der Waals surface area contributed by atoms with Crippen LogP contribution in [0.5, 0.6) is 11.5 Å². The predicted octanol–water partition coefficient (Wildman–Crippen LogP) is 7.18. The lowest BCUT2D eigenvalue weighted by Gasteiger charge is -2.26. The van der Waals surface area contributed by atoms with Crippen molar-refractivity contribution in [1.29, 1.82) is 0 Å². The SMILES string of the molecule is COc1ccc(CC(=O)NC2=CCC(C(=O)N(CC(=O)O)Cc3ccc(OCC(=O)c4ccc(-c5ccc(C)cc5)cc4)cc3)C=C2)c(C(F)(F)F)c1. The molecule has 0 saturated carbocycles. The van der Waals surface area contributed by atoms with E-state index in [1.165, 1.54) is 36.3 Å². The van der Waals surface area contributed by atoms with Crippen LogP contribution in [-0.2, 0) is 33.5 Å². The first-order valence-corrected chi connectivity index (χ1v) is 16.6. The highest BCUT2D eigenvalue weighted by molar-refractivity contribution is 5.97. The van der Waals surface area contributed by atoms with Gasteiger partial charge in [0.25, 0.3) is 0 Å². The van der Waals surface area contributed by atoms with Gasteiger partial charge in [0.2, 0.25) is 11.8 Å². The molecule has 0 aliphatic heterocycles. The molecule has 1 atom stereocenters. The third kappa shape index (κ3) is 10.4. The highest BCUT2D eigenvalue weighted by Crippen LogP contribution is 2.35. The first kappa shape index (κ1) is 38.1. The second kappa shape index (κ2) is 16.9. The van der Waals surface area contributed by atoms with Crippen molar-refractivity contribution in [1.82, 2.24) is 10.2 Å². The maximum atomic E-state index is 13.6. The molecule has 9 nitrogen and oxygen atoms in total. The molecule has 0 aromatic heterocycles. The van der Waals surface area contributed by atoms with Crippen LogP contribution in [0.2, 0.25) is 0 Å². The van der Waals surface area contributed by atoms with Crippen LogP contribution in [0.3, 0.4) is 0 Å². The van der Waals surface area contributed by atoms with Crippen LogP contribution in [0.4, 0.5) is 13.2 Å². The molecular formula is C41H37F3N2O7. The number of hydrogen-bond acceptors (Lipinski definition) is 6. The van der Waals surface area contributed by atoms with Crippen molar-refractivity contribution in [3.05, 3.63) is 143 Å². The van der Waals surface area contributed by atoms with Crippen molar-refractivity contribution < 1.29 is 46.9 Å². The van der Waals surface area contributed by atoms with E-state index < -0.39 is 48.4 Å². The monoisotopic (exact) mass is 726 g/mol. The zero-order chi connectivity index (χ0) is 38.1. The maximum Gasteiger partial charge on any atom is 0.416 e. The number of carboxylic acid groups (broad SMARTS) is 1. The molecule has 0 bridgehead atoms. The molecule has 1 unspecified atom stereocenters. The van der Waals surface area contributed by atoms with Crippen molar-refractivity contribution >= 4 is 23.6 Å². The minimum absolute atomic E-state index is 0.0126. The van der Waals surface area contributed by atoms with Gasteiger partial charge in [-0.25, -0.2) is 0 Å². The minimum Gasteiger partial charge on any atom is -0.497 e. The second-order valence-corrected chi connectivity index (χ2v) is 12.5. The minimum atomic E-state index is -4.68. The predicted molar refractivity (Wildman–Crippen MR) is 191 cm³/mol. The first-order valence-electron chi connectivity index (χ1n) is 16.6. The summed E-state index contributed by atoms with van der Waals surface area (Å²) in [7, 11) is 1.25. The summed E-state index contributed by atoms with van der Waals surface area (Å²) in [4.78, 5) is 51.7. The quantitative estimate of drug-likeness (QED) is 0.132. The number of nitrogens with one attached hydrogen (secondary N) is 1. The van der Waals surface area contributed by atoms with Crippen LogP contribution in [0.25, 0.3) is 11.1 Å². The Labute approximate surface area is 304 Å². The molecule has 53 heavy (non-hydrogen) atoms. The Morgan fingerprint density at radius 2 is 1.53 bits per heavy atom. The van der Waals surface area contributed by atoms with Gasteiger partial charge in [0.1, 0.15) is 18.0 Å². The number of halogens is 3. The molecule has 2 amide bonds. The summed E-state index contributed by atoms with van der Waals surface area (Å²) in [5.41, 5.74) is 3.45. The maximum absolute atomic E-state index is 13.6. The third-order valence-corrected chi connectivity index (χ3v) is 8.57. The Morgan fingerprint density at radius 3 is 2.11 bits per heavy atom. The summed E-state index contributed by atoms with van der Waals surface area (Å²) in [5.74, 6) is -2.84. The van der Waals surface area contributed by atoms with Gasteiger partial charge >= 0.3 is 12.1 Å². The lowest BCUT2D eigenvalue weighted by atomic mass is 9.97. The van der Waals surface area contributed by atoms with E-state index in [0.717, 1.165) is 22.8 Å². The molecular weight excluding hydrogens is 689 g/mol. The Balaban J connectivity index is 1.13. The highest BCUT2D eigenvalue weighted by Gasteiger charge is 2.34. The van der Waals surface area contributed by atoms with Gasteiger partial charge < -0.3 is 24.8 Å². The molecule has 4 aromatic rings. The lowest BCUT2D eigenvalue weighted by Crippen LogP contribution is -2.39. The Morgan fingerprint density at radius 1 is 0.887 bits per heavy atom. The third-order valence-electron chi connectivity index (χ3n) is 8.57. The van der Waals surface area contributed by atoms with E-state index in [9.17, 15) is 37.5 Å². The molecule has 1 aliphatic rings. The summed E-state index contributed by atoms with van der Waals surface area (Å²) in [6.07, 6.45) is -0.548. The number of rotatable bonds is 14. The molecule has 274 valence electrons. The molecule has 5 rings (SSSR count). The number of ketones is 1. The number of hydrogen-bond donors (Lipinski definition) is 2. The molecule has 0 fully saturated rings. The Bertz CT molecular complexity index is 2020. The molecule has 0 spiro atoms. The molecule has 0 heterocycles. The molecule has 2 N–H and O–H groups in total. The number of carboxylic acids is 1. The van der Waals surface area contributed by atoms with Gasteiger partial charge in [0.05, 0.1) is 25.0 Å². The second-order valence-electron chi connectivity index (χ2n) is 12.5. The molecule has 12 heteroatoms. The number of allylic oxidation sites excluding steroid dienone is 2. The van der Waals surface area contributed by atoms with Crippen molar-refractivity contribution in [2.24, 2.45) is 5.92 Å². The number of alkyl halides is 3. The van der Waals surface area contributed by atoms with Gasteiger partial charge in [-0.1, -0.05) is 84.4 Å². The number of amides is 2. The number of methoxy groups -OCH3 is 1. The van der Waals surface area contributed by atoms with Gasteiger partial charge in [-0.05, 0) is 65.9 Å². The van der Waals surface area contributed by atoms with E-state index in [-0.39, 0.29) is 36.7 Å². The number of aliphatic carboxylic acids is 1. The molecule has 1 aliphatic carbocycles. The number of aryl methyl sites for hydroxylation is 1. The fourth-order valence-corrected chi connectivity index (χ4v) is 5.72.